The summed E-state index contributed by atoms with van der Waals surface area (Å²) in [4.78, 5) is 0. The molecule has 0 saturated carbocycles. The first kappa shape index (κ1) is 13.5. The maximum absolute atomic E-state index is 5.25. The van der Waals surface area contributed by atoms with E-state index in [0.717, 1.165) is 23.7 Å². The zero-order chi connectivity index (χ0) is 14.8. The van der Waals surface area contributed by atoms with Gasteiger partial charge in [0.15, 0.2) is 0 Å². The fourth-order valence-electron chi connectivity index (χ4n) is 2.48. The lowest BCUT2D eigenvalue weighted by atomic mass is 10.1. The smallest absolute Gasteiger partial charge is 0.119 e. The van der Waals surface area contributed by atoms with Crippen molar-refractivity contribution in [1.82, 2.24) is 9.78 Å². The van der Waals surface area contributed by atoms with Gasteiger partial charge >= 0.3 is 0 Å². The third-order valence-corrected chi connectivity index (χ3v) is 3.61. The van der Waals surface area contributed by atoms with E-state index in [2.05, 4.69) is 40.7 Å². The number of hydrogen-bond donors (Lipinski definition) is 1. The highest BCUT2D eigenvalue weighted by atomic mass is 16.5. The predicted molar refractivity (Wildman–Crippen MR) is 85.8 cm³/mol. The zero-order valence-electron chi connectivity index (χ0n) is 12.6. The minimum atomic E-state index is 0.786. The second-order valence-electron chi connectivity index (χ2n) is 5.20. The molecule has 108 valence electrons. The number of fused-ring (bicyclic) bond motifs is 1. The minimum absolute atomic E-state index is 0.786. The highest BCUT2D eigenvalue weighted by Crippen LogP contribution is 2.22. The molecule has 0 amide bonds. The van der Waals surface area contributed by atoms with E-state index in [0.29, 0.717) is 0 Å². The first-order chi connectivity index (χ1) is 10.2. The average molecular weight is 281 g/mol. The van der Waals surface area contributed by atoms with Crippen LogP contribution in [-0.4, -0.2) is 16.9 Å². The maximum atomic E-state index is 5.25. The van der Waals surface area contributed by atoms with Gasteiger partial charge in [0, 0.05) is 19.8 Å². The van der Waals surface area contributed by atoms with Crippen LogP contribution < -0.4 is 10.1 Å². The molecule has 0 bridgehead atoms. The molecule has 3 rings (SSSR count). The molecule has 0 aliphatic rings. The SMILES string of the molecule is COc1ccc2cc(CNc3cn(C)nc3C)ccc2c1. The number of anilines is 1. The average Bonchev–Trinajstić information content (AvgIpc) is 2.82. The van der Waals surface area contributed by atoms with Crippen molar-refractivity contribution in [2.45, 2.75) is 13.5 Å². The molecule has 0 fully saturated rings. The molecular formula is C17H19N3O. The first-order valence-electron chi connectivity index (χ1n) is 6.96. The summed E-state index contributed by atoms with van der Waals surface area (Å²) < 4.78 is 7.08. The Balaban J connectivity index is 1.80. The van der Waals surface area contributed by atoms with Gasteiger partial charge in [-0.1, -0.05) is 18.2 Å². The van der Waals surface area contributed by atoms with Gasteiger partial charge < -0.3 is 10.1 Å². The molecule has 21 heavy (non-hydrogen) atoms. The number of benzene rings is 2. The number of aryl methyl sites for hydroxylation is 2. The molecular weight excluding hydrogens is 262 g/mol. The Labute approximate surface area is 124 Å². The van der Waals surface area contributed by atoms with Crippen LogP contribution in [0.1, 0.15) is 11.3 Å². The summed E-state index contributed by atoms with van der Waals surface area (Å²) in [5.74, 6) is 0.888. The molecule has 0 spiro atoms. The van der Waals surface area contributed by atoms with Crippen LogP contribution in [0.4, 0.5) is 5.69 Å². The Bertz CT molecular complexity index is 777. The number of rotatable bonds is 4. The molecule has 2 aromatic carbocycles. The van der Waals surface area contributed by atoms with Crippen molar-refractivity contribution in [3.63, 3.8) is 0 Å². The van der Waals surface area contributed by atoms with Gasteiger partial charge in [-0.15, -0.1) is 0 Å². The zero-order valence-corrected chi connectivity index (χ0v) is 12.6. The first-order valence-corrected chi connectivity index (χ1v) is 6.96. The lowest BCUT2D eigenvalue weighted by Gasteiger charge is -2.07. The number of aromatic nitrogens is 2. The van der Waals surface area contributed by atoms with Crippen molar-refractivity contribution >= 4 is 16.5 Å². The molecule has 4 nitrogen and oxygen atoms in total. The van der Waals surface area contributed by atoms with Gasteiger partial charge in [-0.3, -0.25) is 4.68 Å². The Hall–Kier alpha value is -2.49. The molecule has 0 atom stereocenters. The summed E-state index contributed by atoms with van der Waals surface area (Å²) in [5, 5.41) is 10.2. The fraction of sp³-hybridized carbons (Fsp3) is 0.235. The Morgan fingerprint density at radius 1 is 1.14 bits per heavy atom. The molecule has 4 heteroatoms. The summed E-state index contributed by atoms with van der Waals surface area (Å²) in [6.07, 6.45) is 2.00. The second-order valence-corrected chi connectivity index (χ2v) is 5.20. The standard InChI is InChI=1S/C17H19N3O/c1-12-17(11-20(2)19-12)18-10-13-4-5-15-9-16(21-3)7-6-14(15)8-13/h4-9,11,18H,10H2,1-3H3. The quantitative estimate of drug-likeness (QED) is 0.795. The fourth-order valence-corrected chi connectivity index (χ4v) is 2.48. The van der Waals surface area contributed by atoms with Gasteiger partial charge in [-0.25, -0.2) is 0 Å². The predicted octanol–water partition coefficient (Wildman–Crippen LogP) is 3.50. The van der Waals surface area contributed by atoms with Crippen molar-refractivity contribution in [3.05, 3.63) is 53.9 Å². The van der Waals surface area contributed by atoms with Crippen molar-refractivity contribution < 1.29 is 4.74 Å². The van der Waals surface area contributed by atoms with Crippen molar-refractivity contribution in [3.8, 4) is 5.75 Å². The lowest BCUT2D eigenvalue weighted by molar-refractivity contribution is 0.415. The Kier molecular flexibility index (Phi) is 3.52. The van der Waals surface area contributed by atoms with Gasteiger partial charge in [0.1, 0.15) is 5.75 Å². The molecule has 0 aliphatic heterocycles. The molecule has 0 unspecified atom stereocenters. The lowest BCUT2D eigenvalue weighted by Crippen LogP contribution is -1.99. The number of ether oxygens (including phenoxy) is 1. The van der Waals surface area contributed by atoms with Crippen LogP contribution in [0, 0.1) is 6.92 Å². The van der Waals surface area contributed by atoms with Gasteiger partial charge in [-0.05, 0) is 41.5 Å². The molecule has 3 aromatic rings. The van der Waals surface area contributed by atoms with E-state index >= 15 is 0 Å². The third-order valence-electron chi connectivity index (χ3n) is 3.61. The van der Waals surface area contributed by atoms with E-state index in [1.54, 1.807) is 7.11 Å². The topological polar surface area (TPSA) is 39.1 Å². The van der Waals surface area contributed by atoms with Gasteiger partial charge in [0.2, 0.25) is 0 Å². The summed E-state index contributed by atoms with van der Waals surface area (Å²) in [5.41, 5.74) is 3.34. The van der Waals surface area contributed by atoms with Crippen LogP contribution in [-0.2, 0) is 13.6 Å². The second kappa shape index (κ2) is 5.48. The van der Waals surface area contributed by atoms with E-state index in [4.69, 9.17) is 4.74 Å². The van der Waals surface area contributed by atoms with E-state index in [-0.39, 0.29) is 0 Å². The van der Waals surface area contributed by atoms with Crippen LogP contribution in [0.5, 0.6) is 5.75 Å². The van der Waals surface area contributed by atoms with Gasteiger partial charge in [0.25, 0.3) is 0 Å². The molecule has 1 N–H and O–H groups in total. The monoisotopic (exact) mass is 281 g/mol. The van der Waals surface area contributed by atoms with Crippen molar-refractivity contribution in [2.75, 3.05) is 12.4 Å². The summed E-state index contributed by atoms with van der Waals surface area (Å²) in [6, 6.07) is 12.6. The van der Waals surface area contributed by atoms with E-state index < -0.39 is 0 Å². The third kappa shape index (κ3) is 2.84. The van der Waals surface area contributed by atoms with Crippen LogP contribution in [0.15, 0.2) is 42.6 Å². The number of hydrogen-bond acceptors (Lipinski definition) is 3. The minimum Gasteiger partial charge on any atom is -0.497 e. The van der Waals surface area contributed by atoms with Gasteiger partial charge in [0.05, 0.1) is 18.5 Å². The molecule has 0 saturated heterocycles. The van der Waals surface area contributed by atoms with Crippen molar-refractivity contribution in [1.29, 1.82) is 0 Å². The normalized spacial score (nSPS) is 10.8. The van der Waals surface area contributed by atoms with E-state index in [1.165, 1.54) is 16.3 Å². The summed E-state index contributed by atoms with van der Waals surface area (Å²) >= 11 is 0. The van der Waals surface area contributed by atoms with Crippen LogP contribution in [0.25, 0.3) is 10.8 Å². The largest absolute Gasteiger partial charge is 0.497 e. The van der Waals surface area contributed by atoms with Gasteiger partial charge in [-0.2, -0.15) is 5.10 Å². The van der Waals surface area contributed by atoms with Crippen LogP contribution >= 0.6 is 0 Å². The highest BCUT2D eigenvalue weighted by molar-refractivity contribution is 5.84. The van der Waals surface area contributed by atoms with Crippen LogP contribution in [0.3, 0.4) is 0 Å². The van der Waals surface area contributed by atoms with E-state index in [9.17, 15) is 0 Å². The molecule has 1 aromatic heterocycles. The molecule has 1 heterocycles. The van der Waals surface area contributed by atoms with Crippen LogP contribution in [0.2, 0.25) is 0 Å². The molecule has 0 aliphatic carbocycles. The summed E-state index contributed by atoms with van der Waals surface area (Å²) in [6.45, 7) is 2.80. The Morgan fingerprint density at radius 2 is 1.90 bits per heavy atom. The Morgan fingerprint density at radius 3 is 2.62 bits per heavy atom. The number of nitrogens with zero attached hydrogens (tertiary/aromatic N) is 2. The molecule has 0 radical (unpaired) electrons. The summed E-state index contributed by atoms with van der Waals surface area (Å²) in [7, 11) is 3.62. The number of nitrogens with one attached hydrogen (secondary N) is 1. The number of methoxy groups -OCH3 is 1. The maximum Gasteiger partial charge on any atom is 0.119 e. The van der Waals surface area contributed by atoms with Crippen molar-refractivity contribution in [2.24, 2.45) is 7.05 Å². The van der Waals surface area contributed by atoms with E-state index in [1.807, 2.05) is 30.9 Å². The highest BCUT2D eigenvalue weighted by Gasteiger charge is 2.03.